The molecule has 1 atom stereocenters. The first-order chi connectivity index (χ1) is 9.16. The molecule has 0 amide bonds. The molecule has 0 radical (unpaired) electrons. The van der Waals surface area contributed by atoms with Gasteiger partial charge in [-0.25, -0.2) is 0 Å². The van der Waals surface area contributed by atoms with Crippen molar-refractivity contribution in [2.45, 2.75) is 25.7 Å². The Morgan fingerprint density at radius 1 is 1.32 bits per heavy atom. The summed E-state index contributed by atoms with van der Waals surface area (Å²) in [6.45, 7) is 2.40. The number of nitrogens with zero attached hydrogens (tertiary/aromatic N) is 1. The maximum absolute atomic E-state index is 12.2. The van der Waals surface area contributed by atoms with Crippen LogP contribution in [0, 0.1) is 5.92 Å². The van der Waals surface area contributed by atoms with E-state index in [0.717, 1.165) is 25.9 Å². The zero-order valence-electron chi connectivity index (χ0n) is 10.9. The molecular formula is C14H19NO4. The van der Waals surface area contributed by atoms with Crippen molar-refractivity contribution in [1.29, 1.82) is 0 Å². The first-order valence-electron chi connectivity index (χ1n) is 6.68. The summed E-state index contributed by atoms with van der Waals surface area (Å²) >= 11 is 0. The molecule has 1 fully saturated rings. The van der Waals surface area contributed by atoms with Crippen LogP contribution in [0.2, 0.25) is 0 Å². The molecule has 0 bridgehead atoms. The third-order valence-corrected chi connectivity index (χ3v) is 3.48. The van der Waals surface area contributed by atoms with Gasteiger partial charge in [-0.1, -0.05) is 6.42 Å². The fourth-order valence-electron chi connectivity index (χ4n) is 2.52. The summed E-state index contributed by atoms with van der Waals surface area (Å²) in [6.07, 6.45) is 4.75. The van der Waals surface area contributed by atoms with Crippen LogP contribution in [0.15, 0.2) is 22.8 Å². The average Bonchev–Trinajstić information content (AvgIpc) is 2.91. The van der Waals surface area contributed by atoms with Gasteiger partial charge in [0, 0.05) is 12.5 Å². The van der Waals surface area contributed by atoms with E-state index in [1.807, 2.05) is 0 Å². The monoisotopic (exact) mass is 265 g/mol. The number of ketones is 1. The molecule has 0 aliphatic carbocycles. The third kappa shape index (κ3) is 3.92. The quantitative estimate of drug-likeness (QED) is 0.797. The molecule has 1 aromatic rings. The van der Waals surface area contributed by atoms with E-state index in [1.165, 1.54) is 12.7 Å². The lowest BCUT2D eigenvalue weighted by atomic mass is 9.96. The van der Waals surface area contributed by atoms with E-state index in [4.69, 9.17) is 9.52 Å². The Kier molecular flexibility index (Phi) is 4.74. The number of carbonyl (C=O) groups is 2. The molecular weight excluding hydrogens is 246 g/mol. The van der Waals surface area contributed by atoms with Gasteiger partial charge in [0.1, 0.15) is 0 Å². The molecule has 1 N–H and O–H groups in total. The maximum atomic E-state index is 12.2. The molecule has 0 spiro atoms. The summed E-state index contributed by atoms with van der Waals surface area (Å²) in [5, 5.41) is 8.96. The lowest BCUT2D eigenvalue weighted by molar-refractivity contribution is -0.137. The fourth-order valence-corrected chi connectivity index (χ4v) is 2.52. The van der Waals surface area contributed by atoms with E-state index in [1.54, 1.807) is 12.1 Å². The topological polar surface area (TPSA) is 70.8 Å². The van der Waals surface area contributed by atoms with Gasteiger partial charge >= 0.3 is 5.97 Å². The number of rotatable bonds is 6. The summed E-state index contributed by atoms with van der Waals surface area (Å²) in [4.78, 5) is 25.3. The van der Waals surface area contributed by atoms with Crippen LogP contribution in [0.5, 0.6) is 0 Å². The van der Waals surface area contributed by atoms with Crippen LogP contribution in [0.1, 0.15) is 36.2 Å². The first kappa shape index (κ1) is 13.8. The molecule has 1 unspecified atom stereocenters. The average molecular weight is 265 g/mol. The maximum Gasteiger partial charge on any atom is 0.304 e. The molecule has 5 nitrogen and oxygen atoms in total. The first-order valence-corrected chi connectivity index (χ1v) is 6.68. The minimum absolute atomic E-state index is 0.143. The second kappa shape index (κ2) is 6.52. The van der Waals surface area contributed by atoms with E-state index in [0.29, 0.717) is 6.54 Å². The molecule has 2 rings (SSSR count). The number of Topliss-reactive ketones (excluding diaryl/α,β-unsaturated/α-hetero) is 1. The number of carboxylic acid groups (broad SMARTS) is 1. The number of carboxylic acids is 1. The highest BCUT2D eigenvalue weighted by atomic mass is 16.4. The Morgan fingerprint density at radius 3 is 2.63 bits per heavy atom. The number of likely N-dealkylation sites (tertiary alicyclic amines) is 1. The smallest absolute Gasteiger partial charge is 0.304 e. The highest BCUT2D eigenvalue weighted by Gasteiger charge is 2.27. The van der Waals surface area contributed by atoms with E-state index in [2.05, 4.69) is 4.90 Å². The summed E-state index contributed by atoms with van der Waals surface area (Å²) in [7, 11) is 0. The number of piperidine rings is 1. The van der Waals surface area contributed by atoms with E-state index in [9.17, 15) is 9.59 Å². The molecule has 19 heavy (non-hydrogen) atoms. The van der Waals surface area contributed by atoms with E-state index < -0.39 is 11.9 Å². The Morgan fingerprint density at radius 2 is 2.05 bits per heavy atom. The molecule has 1 aliphatic heterocycles. The number of hydrogen-bond donors (Lipinski definition) is 1. The largest absolute Gasteiger partial charge is 0.481 e. The lowest BCUT2D eigenvalue weighted by Crippen LogP contribution is -2.37. The molecule has 0 saturated carbocycles. The highest BCUT2D eigenvalue weighted by Crippen LogP contribution is 2.18. The fraction of sp³-hybridized carbons (Fsp3) is 0.571. The summed E-state index contributed by atoms with van der Waals surface area (Å²) in [5.74, 6) is -1.43. The Balaban J connectivity index is 2.02. The van der Waals surface area contributed by atoms with Gasteiger partial charge in [0.25, 0.3) is 0 Å². The van der Waals surface area contributed by atoms with E-state index in [-0.39, 0.29) is 18.0 Å². The molecule has 1 saturated heterocycles. The number of furan rings is 1. The molecule has 1 aliphatic rings. The Hall–Kier alpha value is -1.62. The SMILES string of the molecule is O=C(O)CC(CN1CCCCC1)C(=O)c1ccco1. The van der Waals surface area contributed by atoms with Gasteiger partial charge < -0.3 is 14.4 Å². The molecule has 1 aromatic heterocycles. The van der Waals surface area contributed by atoms with Crippen molar-refractivity contribution in [3.05, 3.63) is 24.2 Å². The van der Waals surface area contributed by atoms with Gasteiger partial charge in [-0.3, -0.25) is 9.59 Å². The van der Waals surface area contributed by atoms with Crippen molar-refractivity contribution in [3.63, 3.8) is 0 Å². The van der Waals surface area contributed by atoms with Crippen LogP contribution in [0.3, 0.4) is 0 Å². The number of hydrogen-bond acceptors (Lipinski definition) is 4. The van der Waals surface area contributed by atoms with Gasteiger partial charge in [0.15, 0.2) is 5.76 Å². The number of aliphatic carboxylic acids is 1. The van der Waals surface area contributed by atoms with Crippen molar-refractivity contribution in [1.82, 2.24) is 4.90 Å². The third-order valence-electron chi connectivity index (χ3n) is 3.48. The van der Waals surface area contributed by atoms with Gasteiger partial charge in [-0.15, -0.1) is 0 Å². The van der Waals surface area contributed by atoms with Crippen LogP contribution in [0.25, 0.3) is 0 Å². The van der Waals surface area contributed by atoms with Crippen LogP contribution < -0.4 is 0 Å². The lowest BCUT2D eigenvalue weighted by Gasteiger charge is -2.29. The van der Waals surface area contributed by atoms with Crippen LogP contribution >= 0.6 is 0 Å². The zero-order chi connectivity index (χ0) is 13.7. The van der Waals surface area contributed by atoms with Crippen molar-refractivity contribution in [2.24, 2.45) is 5.92 Å². The van der Waals surface area contributed by atoms with Gasteiger partial charge in [0.05, 0.1) is 12.7 Å². The van der Waals surface area contributed by atoms with Crippen LogP contribution in [-0.4, -0.2) is 41.4 Å². The summed E-state index contributed by atoms with van der Waals surface area (Å²) in [5.41, 5.74) is 0. The predicted molar refractivity (Wildman–Crippen MR) is 69.1 cm³/mol. The van der Waals surface area contributed by atoms with Crippen molar-refractivity contribution < 1.29 is 19.1 Å². The minimum Gasteiger partial charge on any atom is -0.481 e. The number of carbonyl (C=O) groups excluding carboxylic acids is 1. The van der Waals surface area contributed by atoms with Crippen molar-refractivity contribution in [3.8, 4) is 0 Å². The predicted octanol–water partition coefficient (Wildman–Crippen LogP) is 2.04. The second-order valence-corrected chi connectivity index (χ2v) is 5.00. The van der Waals surface area contributed by atoms with Gasteiger partial charge in [-0.05, 0) is 38.1 Å². The summed E-state index contributed by atoms with van der Waals surface area (Å²) in [6, 6.07) is 3.24. The van der Waals surface area contributed by atoms with Crippen LogP contribution in [0.4, 0.5) is 0 Å². The molecule has 5 heteroatoms. The normalized spacial score (nSPS) is 18.1. The zero-order valence-corrected chi connectivity index (χ0v) is 10.9. The molecule has 2 heterocycles. The van der Waals surface area contributed by atoms with Crippen LogP contribution in [-0.2, 0) is 4.79 Å². The Bertz CT molecular complexity index is 421. The van der Waals surface area contributed by atoms with Gasteiger partial charge in [-0.2, -0.15) is 0 Å². The van der Waals surface area contributed by atoms with Crippen molar-refractivity contribution in [2.75, 3.05) is 19.6 Å². The van der Waals surface area contributed by atoms with E-state index >= 15 is 0 Å². The molecule has 104 valence electrons. The highest BCUT2D eigenvalue weighted by molar-refractivity contribution is 5.97. The standard InChI is InChI=1S/C14H19NO4/c16-13(17)9-11(10-15-6-2-1-3-7-15)14(18)12-5-4-8-19-12/h4-5,8,11H,1-3,6-7,9-10H2,(H,16,17). The van der Waals surface area contributed by atoms with Gasteiger partial charge in [0.2, 0.25) is 5.78 Å². The second-order valence-electron chi connectivity index (χ2n) is 5.00. The molecule has 0 aromatic carbocycles. The van der Waals surface area contributed by atoms with Crippen molar-refractivity contribution >= 4 is 11.8 Å². The minimum atomic E-state index is -0.943. The summed E-state index contributed by atoms with van der Waals surface area (Å²) < 4.78 is 5.09. The Labute approximate surface area is 112 Å².